The van der Waals surface area contributed by atoms with E-state index in [2.05, 4.69) is 39.6 Å². The Morgan fingerprint density at radius 3 is 2.73 bits per heavy atom. The molecule has 0 aliphatic carbocycles. The van der Waals surface area contributed by atoms with Crippen LogP contribution in [-0.4, -0.2) is 42.4 Å². The van der Waals surface area contributed by atoms with Crippen molar-refractivity contribution in [2.75, 3.05) is 26.3 Å². The highest BCUT2D eigenvalue weighted by Gasteiger charge is 2.02. The van der Waals surface area contributed by atoms with Crippen LogP contribution in [0, 0.1) is 12.8 Å². The molecule has 0 bridgehead atoms. The van der Waals surface area contributed by atoms with Gasteiger partial charge in [-0.1, -0.05) is 19.0 Å². The first-order valence-electron chi connectivity index (χ1n) is 7.51. The smallest absolute Gasteiger partial charge is 0.223 e. The van der Waals surface area contributed by atoms with Crippen molar-refractivity contribution in [3.8, 4) is 0 Å². The minimum atomic E-state index is 0. The van der Waals surface area contributed by atoms with E-state index in [9.17, 15) is 0 Å². The highest BCUT2D eigenvalue weighted by atomic mass is 127. The standard InChI is InChI=1S/C14H27N5O2.HI/c1-5-15-14(16-7-6-8-20-10-11(2)3)17-9-13-18-12(4)21-19-13;/h11H,5-10H2,1-4H3,(H2,15,16,17);1H. The highest BCUT2D eigenvalue weighted by molar-refractivity contribution is 14.0. The van der Waals surface area contributed by atoms with E-state index in [1.165, 1.54) is 0 Å². The van der Waals surface area contributed by atoms with Crippen LogP contribution in [0.1, 0.15) is 38.9 Å². The van der Waals surface area contributed by atoms with E-state index < -0.39 is 0 Å². The summed E-state index contributed by atoms with van der Waals surface area (Å²) >= 11 is 0. The summed E-state index contributed by atoms with van der Waals surface area (Å²) in [6.07, 6.45) is 0.943. The summed E-state index contributed by atoms with van der Waals surface area (Å²) in [5.74, 6) is 2.48. The zero-order valence-electron chi connectivity index (χ0n) is 13.9. The van der Waals surface area contributed by atoms with Crippen molar-refractivity contribution in [1.82, 2.24) is 20.8 Å². The molecule has 22 heavy (non-hydrogen) atoms. The third kappa shape index (κ3) is 9.93. The van der Waals surface area contributed by atoms with Gasteiger partial charge >= 0.3 is 0 Å². The van der Waals surface area contributed by atoms with Crippen LogP contribution in [0.2, 0.25) is 0 Å². The number of nitrogens with one attached hydrogen (secondary N) is 2. The van der Waals surface area contributed by atoms with E-state index in [1.54, 1.807) is 6.92 Å². The molecule has 0 saturated carbocycles. The minimum absolute atomic E-state index is 0. The van der Waals surface area contributed by atoms with Crippen molar-refractivity contribution in [1.29, 1.82) is 0 Å². The average Bonchev–Trinajstić information content (AvgIpc) is 2.85. The summed E-state index contributed by atoms with van der Waals surface area (Å²) in [4.78, 5) is 8.53. The van der Waals surface area contributed by atoms with Gasteiger partial charge < -0.3 is 19.9 Å². The number of hydrogen-bond donors (Lipinski definition) is 2. The summed E-state index contributed by atoms with van der Waals surface area (Å²) in [5.41, 5.74) is 0. The van der Waals surface area contributed by atoms with Crippen molar-refractivity contribution in [2.45, 2.75) is 40.7 Å². The van der Waals surface area contributed by atoms with Gasteiger partial charge in [0.2, 0.25) is 5.89 Å². The van der Waals surface area contributed by atoms with Crippen LogP contribution in [0.15, 0.2) is 9.52 Å². The Kier molecular flexibility index (Phi) is 12.1. The molecule has 0 spiro atoms. The first-order valence-corrected chi connectivity index (χ1v) is 7.51. The first kappa shape index (κ1) is 21.1. The summed E-state index contributed by atoms with van der Waals surface area (Å²) in [7, 11) is 0. The fourth-order valence-corrected chi connectivity index (χ4v) is 1.60. The lowest BCUT2D eigenvalue weighted by Gasteiger charge is -2.11. The molecule has 1 aromatic rings. The largest absolute Gasteiger partial charge is 0.381 e. The minimum Gasteiger partial charge on any atom is -0.381 e. The summed E-state index contributed by atoms with van der Waals surface area (Å²) in [5, 5.41) is 10.3. The van der Waals surface area contributed by atoms with Crippen LogP contribution in [0.3, 0.4) is 0 Å². The second kappa shape index (κ2) is 12.6. The van der Waals surface area contributed by atoms with Crippen LogP contribution >= 0.6 is 24.0 Å². The van der Waals surface area contributed by atoms with Gasteiger partial charge in [0.1, 0.15) is 6.54 Å². The quantitative estimate of drug-likeness (QED) is 0.273. The number of hydrogen-bond acceptors (Lipinski definition) is 5. The van der Waals surface area contributed by atoms with Crippen LogP contribution in [0.4, 0.5) is 0 Å². The molecule has 1 aromatic heterocycles. The number of halogens is 1. The van der Waals surface area contributed by atoms with Gasteiger partial charge in [0.15, 0.2) is 11.8 Å². The highest BCUT2D eigenvalue weighted by Crippen LogP contribution is 1.96. The van der Waals surface area contributed by atoms with Crippen LogP contribution in [0.5, 0.6) is 0 Å². The lowest BCUT2D eigenvalue weighted by Crippen LogP contribution is -2.38. The van der Waals surface area contributed by atoms with E-state index in [0.717, 1.165) is 38.7 Å². The zero-order valence-corrected chi connectivity index (χ0v) is 16.2. The number of guanidine groups is 1. The SMILES string of the molecule is CCNC(=NCc1noc(C)n1)NCCCOCC(C)C.I. The van der Waals surface area contributed by atoms with E-state index in [1.807, 2.05) is 6.92 Å². The Bertz CT molecular complexity index is 423. The molecular weight excluding hydrogens is 397 g/mol. The number of aryl methyl sites for hydroxylation is 1. The van der Waals surface area contributed by atoms with Gasteiger partial charge in [0.25, 0.3) is 0 Å². The molecule has 0 atom stereocenters. The average molecular weight is 425 g/mol. The molecule has 2 N–H and O–H groups in total. The maximum atomic E-state index is 5.54. The maximum absolute atomic E-state index is 5.54. The van der Waals surface area contributed by atoms with Gasteiger partial charge in [0, 0.05) is 33.2 Å². The molecule has 0 unspecified atom stereocenters. The van der Waals surface area contributed by atoms with Gasteiger partial charge in [-0.15, -0.1) is 24.0 Å². The van der Waals surface area contributed by atoms with Gasteiger partial charge in [-0.2, -0.15) is 4.98 Å². The molecule has 7 nitrogen and oxygen atoms in total. The second-order valence-electron chi connectivity index (χ2n) is 5.17. The molecule has 0 radical (unpaired) electrons. The van der Waals surface area contributed by atoms with E-state index in [4.69, 9.17) is 9.26 Å². The predicted molar refractivity (Wildman–Crippen MR) is 97.5 cm³/mol. The molecule has 0 saturated heterocycles. The number of aliphatic imine (C=N–C) groups is 1. The van der Waals surface area contributed by atoms with Crippen molar-refractivity contribution < 1.29 is 9.26 Å². The molecule has 0 aromatic carbocycles. The van der Waals surface area contributed by atoms with Gasteiger partial charge in [-0.3, -0.25) is 0 Å². The lowest BCUT2D eigenvalue weighted by molar-refractivity contribution is 0.108. The van der Waals surface area contributed by atoms with Crippen molar-refractivity contribution in [3.05, 3.63) is 11.7 Å². The Labute approximate surface area is 149 Å². The number of aromatic nitrogens is 2. The van der Waals surface area contributed by atoms with Crippen molar-refractivity contribution in [2.24, 2.45) is 10.9 Å². The molecule has 8 heteroatoms. The number of rotatable bonds is 9. The zero-order chi connectivity index (χ0) is 15.5. The van der Waals surface area contributed by atoms with Gasteiger partial charge in [0.05, 0.1) is 0 Å². The fraction of sp³-hybridized carbons (Fsp3) is 0.786. The topological polar surface area (TPSA) is 84.6 Å². The van der Waals surface area contributed by atoms with Crippen molar-refractivity contribution >= 4 is 29.9 Å². The van der Waals surface area contributed by atoms with Crippen LogP contribution in [-0.2, 0) is 11.3 Å². The third-order valence-electron chi connectivity index (χ3n) is 2.50. The van der Waals surface area contributed by atoms with Crippen LogP contribution < -0.4 is 10.6 Å². The second-order valence-corrected chi connectivity index (χ2v) is 5.17. The number of nitrogens with zero attached hydrogens (tertiary/aromatic N) is 3. The van der Waals surface area contributed by atoms with Gasteiger partial charge in [-0.25, -0.2) is 4.99 Å². The Morgan fingerprint density at radius 2 is 2.14 bits per heavy atom. The normalized spacial score (nSPS) is 11.4. The molecule has 128 valence electrons. The predicted octanol–water partition coefficient (Wildman–Crippen LogP) is 2.11. The molecular formula is C14H28IN5O2. The molecule has 1 rings (SSSR count). The summed E-state index contributed by atoms with van der Waals surface area (Å²) in [6.45, 7) is 11.7. The molecule has 0 aliphatic rings. The third-order valence-corrected chi connectivity index (χ3v) is 2.50. The molecule has 0 aliphatic heterocycles. The van der Waals surface area contributed by atoms with Crippen LogP contribution in [0.25, 0.3) is 0 Å². The summed E-state index contributed by atoms with van der Waals surface area (Å²) in [6, 6.07) is 0. The number of ether oxygens (including phenoxy) is 1. The van der Waals surface area contributed by atoms with Crippen molar-refractivity contribution in [3.63, 3.8) is 0 Å². The Morgan fingerprint density at radius 1 is 1.36 bits per heavy atom. The van der Waals surface area contributed by atoms with Gasteiger partial charge in [-0.05, 0) is 19.3 Å². The fourth-order valence-electron chi connectivity index (χ4n) is 1.60. The van der Waals surface area contributed by atoms with E-state index in [-0.39, 0.29) is 24.0 Å². The van der Waals surface area contributed by atoms with E-state index >= 15 is 0 Å². The maximum Gasteiger partial charge on any atom is 0.223 e. The molecule has 1 heterocycles. The monoisotopic (exact) mass is 425 g/mol. The molecule has 0 amide bonds. The Balaban J connectivity index is 0.00000441. The lowest BCUT2D eigenvalue weighted by atomic mass is 10.2. The first-order chi connectivity index (χ1) is 10.1. The molecule has 0 fully saturated rings. The Hall–Kier alpha value is -0.900. The van der Waals surface area contributed by atoms with E-state index in [0.29, 0.717) is 24.2 Å². The summed E-state index contributed by atoms with van der Waals surface area (Å²) < 4.78 is 10.4.